The van der Waals surface area contributed by atoms with Gasteiger partial charge in [0.1, 0.15) is 21.5 Å². The number of carbonyl (C=O) groups excluding carboxylic acids is 1. The molecule has 0 radical (unpaired) electrons. The standard InChI is InChI=1S/C12H8ClNO3S/c1-17-8-4-2-7(3-5-8)11-14-10(13)9(6-15)12(16)18-11/h2-6H,1H3. The molecule has 0 amide bonds. The Kier molecular flexibility index (Phi) is 3.74. The fourth-order valence-electron chi connectivity index (χ4n) is 1.35. The van der Waals surface area contributed by atoms with Crippen LogP contribution in [0.4, 0.5) is 0 Å². The quantitative estimate of drug-likeness (QED) is 0.812. The summed E-state index contributed by atoms with van der Waals surface area (Å²) in [5.74, 6) is 0.710. The van der Waals surface area contributed by atoms with Crippen LogP contribution in [0.25, 0.3) is 10.6 Å². The number of nitrogens with zero attached hydrogens (tertiary/aromatic N) is 1. The molecule has 92 valence electrons. The van der Waals surface area contributed by atoms with E-state index in [1.54, 1.807) is 31.4 Å². The van der Waals surface area contributed by atoms with Gasteiger partial charge in [-0.25, -0.2) is 4.98 Å². The molecule has 0 saturated carbocycles. The van der Waals surface area contributed by atoms with Crippen molar-refractivity contribution in [1.29, 1.82) is 0 Å². The van der Waals surface area contributed by atoms with Gasteiger partial charge in [0.2, 0.25) is 4.74 Å². The average Bonchev–Trinajstić information content (AvgIpc) is 2.38. The van der Waals surface area contributed by atoms with Gasteiger partial charge in [-0.05, 0) is 24.3 Å². The second-order valence-corrected chi connectivity index (χ2v) is 4.68. The summed E-state index contributed by atoms with van der Waals surface area (Å²) < 4.78 is 4.65. The second-order valence-electron chi connectivity index (χ2n) is 3.36. The molecule has 0 spiro atoms. The number of hydrogen-bond acceptors (Lipinski definition) is 5. The van der Waals surface area contributed by atoms with E-state index < -0.39 is 4.74 Å². The van der Waals surface area contributed by atoms with E-state index in [2.05, 4.69) is 4.98 Å². The Morgan fingerprint density at radius 2 is 2.00 bits per heavy atom. The van der Waals surface area contributed by atoms with Crippen molar-refractivity contribution in [1.82, 2.24) is 4.98 Å². The number of benzene rings is 1. The molecule has 0 aliphatic carbocycles. The Balaban J connectivity index is 2.51. The monoisotopic (exact) mass is 281 g/mol. The summed E-state index contributed by atoms with van der Waals surface area (Å²) in [7, 11) is 1.57. The van der Waals surface area contributed by atoms with E-state index in [1.807, 2.05) is 0 Å². The first-order valence-electron chi connectivity index (χ1n) is 4.96. The van der Waals surface area contributed by atoms with Crippen molar-refractivity contribution in [3.8, 4) is 16.3 Å². The van der Waals surface area contributed by atoms with Crippen LogP contribution in [0.5, 0.6) is 5.75 Å². The minimum atomic E-state index is -0.393. The third-order valence-corrected chi connectivity index (χ3v) is 3.50. The van der Waals surface area contributed by atoms with Crippen molar-refractivity contribution in [3.63, 3.8) is 0 Å². The first-order chi connectivity index (χ1) is 8.65. The molecule has 0 bridgehead atoms. The summed E-state index contributed by atoms with van der Waals surface area (Å²) in [5, 5.41) is 0.401. The molecule has 0 unspecified atom stereocenters. The molecule has 0 N–H and O–H groups in total. The van der Waals surface area contributed by atoms with E-state index in [0.717, 1.165) is 16.9 Å². The number of ether oxygens (including phenoxy) is 1. The van der Waals surface area contributed by atoms with E-state index in [-0.39, 0.29) is 10.7 Å². The molecule has 2 aromatic rings. The molecule has 0 atom stereocenters. The third-order valence-electron chi connectivity index (χ3n) is 2.29. The highest BCUT2D eigenvalue weighted by atomic mass is 35.5. The van der Waals surface area contributed by atoms with Gasteiger partial charge >= 0.3 is 0 Å². The molecule has 4 nitrogen and oxygen atoms in total. The van der Waals surface area contributed by atoms with Crippen LogP contribution in [-0.2, 0) is 0 Å². The minimum absolute atomic E-state index is 0.0698. The predicted octanol–water partition coefficient (Wildman–Crippen LogP) is 2.64. The summed E-state index contributed by atoms with van der Waals surface area (Å²) in [4.78, 5) is 26.3. The van der Waals surface area contributed by atoms with Crippen LogP contribution < -0.4 is 9.48 Å². The lowest BCUT2D eigenvalue weighted by molar-refractivity contribution is 0.112. The highest BCUT2D eigenvalue weighted by Gasteiger charge is 2.10. The second kappa shape index (κ2) is 5.29. The van der Waals surface area contributed by atoms with Crippen LogP contribution in [0.1, 0.15) is 10.4 Å². The van der Waals surface area contributed by atoms with Crippen molar-refractivity contribution in [2.24, 2.45) is 0 Å². The Labute approximate surface area is 112 Å². The lowest BCUT2D eigenvalue weighted by Crippen LogP contribution is -2.06. The van der Waals surface area contributed by atoms with Crippen LogP contribution in [-0.4, -0.2) is 18.4 Å². The van der Waals surface area contributed by atoms with E-state index >= 15 is 0 Å². The molecule has 6 heteroatoms. The number of aldehydes is 1. The van der Waals surface area contributed by atoms with E-state index in [1.165, 1.54) is 0 Å². The van der Waals surface area contributed by atoms with Crippen LogP contribution in [0.3, 0.4) is 0 Å². The summed E-state index contributed by atoms with van der Waals surface area (Å²) in [5.41, 5.74) is 0.649. The summed E-state index contributed by atoms with van der Waals surface area (Å²) in [6.07, 6.45) is 0.423. The molecule has 0 aliphatic rings. The van der Waals surface area contributed by atoms with Crippen molar-refractivity contribution < 1.29 is 9.53 Å². The number of aromatic nitrogens is 1. The van der Waals surface area contributed by atoms with E-state index in [0.29, 0.717) is 17.0 Å². The SMILES string of the molecule is COc1ccc(-c2nc(Cl)c(C=O)c(=O)s2)cc1. The van der Waals surface area contributed by atoms with Gasteiger partial charge in [-0.1, -0.05) is 22.9 Å². The number of methoxy groups -OCH3 is 1. The lowest BCUT2D eigenvalue weighted by atomic mass is 10.2. The van der Waals surface area contributed by atoms with Crippen molar-refractivity contribution in [2.45, 2.75) is 0 Å². The minimum Gasteiger partial charge on any atom is -0.497 e. The summed E-state index contributed by atoms with van der Waals surface area (Å²) >= 11 is 6.67. The molecular formula is C12H8ClNO3S. The van der Waals surface area contributed by atoms with Crippen LogP contribution in [0.2, 0.25) is 5.15 Å². The zero-order valence-electron chi connectivity index (χ0n) is 9.34. The van der Waals surface area contributed by atoms with Gasteiger partial charge in [0.15, 0.2) is 6.29 Å². The summed E-state index contributed by atoms with van der Waals surface area (Å²) in [6.45, 7) is 0. The fraction of sp³-hybridized carbons (Fsp3) is 0.0833. The molecule has 1 aromatic carbocycles. The van der Waals surface area contributed by atoms with Crippen molar-refractivity contribution >= 4 is 29.2 Å². The average molecular weight is 282 g/mol. The van der Waals surface area contributed by atoms with Gasteiger partial charge in [-0.15, -0.1) is 0 Å². The molecule has 1 aromatic heterocycles. The van der Waals surface area contributed by atoms with Gasteiger partial charge in [-0.2, -0.15) is 0 Å². The number of halogens is 1. The van der Waals surface area contributed by atoms with Crippen LogP contribution in [0.15, 0.2) is 29.1 Å². The molecule has 0 fully saturated rings. The molecule has 18 heavy (non-hydrogen) atoms. The Morgan fingerprint density at radius 1 is 1.33 bits per heavy atom. The predicted molar refractivity (Wildman–Crippen MR) is 70.8 cm³/mol. The normalized spacial score (nSPS) is 10.1. The molecule has 0 aliphatic heterocycles. The highest BCUT2D eigenvalue weighted by Crippen LogP contribution is 2.24. The maximum absolute atomic E-state index is 11.6. The zero-order chi connectivity index (χ0) is 13.1. The first-order valence-corrected chi connectivity index (χ1v) is 6.15. The smallest absolute Gasteiger partial charge is 0.247 e. The lowest BCUT2D eigenvalue weighted by Gasteiger charge is -2.03. The van der Waals surface area contributed by atoms with Crippen LogP contribution in [0, 0.1) is 0 Å². The van der Waals surface area contributed by atoms with Gasteiger partial charge < -0.3 is 4.74 Å². The summed E-state index contributed by atoms with van der Waals surface area (Å²) in [6, 6.07) is 7.06. The van der Waals surface area contributed by atoms with Gasteiger partial charge in [-0.3, -0.25) is 9.59 Å². The number of carbonyl (C=O) groups is 1. The third kappa shape index (κ3) is 2.42. The van der Waals surface area contributed by atoms with Gasteiger partial charge in [0.25, 0.3) is 0 Å². The molecular weight excluding hydrogens is 274 g/mol. The van der Waals surface area contributed by atoms with Crippen LogP contribution >= 0.6 is 22.9 Å². The van der Waals surface area contributed by atoms with Gasteiger partial charge in [0, 0.05) is 5.56 Å². The highest BCUT2D eigenvalue weighted by molar-refractivity contribution is 7.12. The maximum Gasteiger partial charge on any atom is 0.247 e. The van der Waals surface area contributed by atoms with Gasteiger partial charge in [0.05, 0.1) is 7.11 Å². The largest absolute Gasteiger partial charge is 0.497 e. The zero-order valence-corrected chi connectivity index (χ0v) is 10.9. The molecule has 2 rings (SSSR count). The Hall–Kier alpha value is -1.72. The first kappa shape index (κ1) is 12.7. The Bertz CT molecular complexity index is 637. The van der Waals surface area contributed by atoms with E-state index in [4.69, 9.17) is 16.3 Å². The van der Waals surface area contributed by atoms with Crippen molar-refractivity contribution in [3.05, 3.63) is 44.5 Å². The maximum atomic E-state index is 11.6. The molecule has 1 heterocycles. The molecule has 0 saturated heterocycles. The van der Waals surface area contributed by atoms with Crippen molar-refractivity contribution in [2.75, 3.05) is 7.11 Å². The number of rotatable bonds is 3. The van der Waals surface area contributed by atoms with E-state index in [9.17, 15) is 9.59 Å². The topological polar surface area (TPSA) is 56.3 Å². The fourth-order valence-corrected chi connectivity index (χ4v) is 2.50. The number of hydrogen-bond donors (Lipinski definition) is 0. The Morgan fingerprint density at radius 3 is 2.50 bits per heavy atom.